The van der Waals surface area contributed by atoms with Crippen molar-refractivity contribution in [2.45, 2.75) is 7.43 Å². The third-order valence-electron chi connectivity index (χ3n) is 6.23. The van der Waals surface area contributed by atoms with E-state index in [1.54, 1.807) is 30.3 Å². The van der Waals surface area contributed by atoms with Crippen LogP contribution in [0.5, 0.6) is 34.5 Å². The first-order valence-corrected chi connectivity index (χ1v) is 14.7. The maximum Gasteiger partial charge on any atom is 0.290 e. The Bertz CT molecular complexity index is 1570. The standard InChI is InChI=1S/C16H16INO6.C16H17NO6.CH4/c1-21-12-8-10(9-13(22-2)15(12)23-3)4-5-14(19)18-16(20)11(17)6-7-24-18;1-20-12-9-11(10-13(21-2)16(12)22-3)6-7-15(19)17-14(18)5-4-8-23-17;/h4-6,8-9H,7H2,1-3H3;4-7,9-10H,8H2,1-3H3;1H4/b5-4+;7-6+;. The molecule has 2 aromatic carbocycles. The van der Waals surface area contributed by atoms with Gasteiger partial charge in [0.25, 0.3) is 23.6 Å². The molecular formula is C33H37IN2O12. The minimum atomic E-state index is -0.576. The number of benzene rings is 2. The molecule has 0 fully saturated rings. The van der Waals surface area contributed by atoms with Crippen molar-refractivity contribution in [2.24, 2.45) is 0 Å². The molecule has 2 aliphatic heterocycles. The number of amides is 4. The average molecular weight is 781 g/mol. The third-order valence-corrected chi connectivity index (χ3v) is 7.13. The van der Waals surface area contributed by atoms with Gasteiger partial charge in [0.15, 0.2) is 23.0 Å². The van der Waals surface area contributed by atoms with Crippen molar-refractivity contribution in [1.29, 1.82) is 0 Å². The maximum absolute atomic E-state index is 12.1. The molecule has 0 radical (unpaired) electrons. The first kappa shape index (κ1) is 39.3. The Morgan fingerprint density at radius 3 is 1.50 bits per heavy atom. The number of hydroxylamine groups is 4. The Hall–Kier alpha value is -4.87. The molecule has 48 heavy (non-hydrogen) atoms. The van der Waals surface area contributed by atoms with Crippen molar-refractivity contribution in [3.05, 3.63) is 69.4 Å². The fourth-order valence-corrected chi connectivity index (χ4v) is 4.43. The molecule has 15 heteroatoms. The lowest BCUT2D eigenvalue weighted by molar-refractivity contribution is -0.188. The van der Waals surface area contributed by atoms with E-state index in [4.69, 9.17) is 38.1 Å². The topological polar surface area (TPSA) is 149 Å². The molecule has 2 aromatic rings. The van der Waals surface area contributed by atoms with Crippen molar-refractivity contribution < 1.29 is 57.3 Å². The fourth-order valence-electron chi connectivity index (χ4n) is 4.03. The smallest absolute Gasteiger partial charge is 0.290 e. The summed E-state index contributed by atoms with van der Waals surface area (Å²) >= 11 is 1.86. The summed E-state index contributed by atoms with van der Waals surface area (Å²) in [6.07, 6.45) is 9.97. The molecule has 0 spiro atoms. The minimum Gasteiger partial charge on any atom is -0.493 e. The van der Waals surface area contributed by atoms with Gasteiger partial charge in [-0.1, -0.05) is 13.5 Å². The van der Waals surface area contributed by atoms with Gasteiger partial charge in [-0.25, -0.2) is 0 Å². The number of nitrogens with zero attached hydrogens (tertiary/aromatic N) is 2. The minimum absolute atomic E-state index is 0. The van der Waals surface area contributed by atoms with E-state index < -0.39 is 23.6 Å². The van der Waals surface area contributed by atoms with E-state index in [-0.39, 0.29) is 20.6 Å². The summed E-state index contributed by atoms with van der Waals surface area (Å²) in [5.41, 5.74) is 1.29. The SMILES string of the molecule is C.COc1cc(/C=C/C(=O)N2OCC=C(I)C2=O)cc(OC)c1OC.COc1cc(/C=C/C(=O)N2OCC=CC2=O)cc(OC)c1OC. The lowest BCUT2D eigenvalue weighted by atomic mass is 10.1. The van der Waals surface area contributed by atoms with Crippen LogP contribution in [-0.2, 0) is 28.9 Å². The van der Waals surface area contributed by atoms with Crippen molar-refractivity contribution in [3.63, 3.8) is 0 Å². The van der Waals surface area contributed by atoms with Gasteiger partial charge in [0.05, 0.1) is 59.5 Å². The molecule has 2 aliphatic rings. The van der Waals surface area contributed by atoms with Crippen LogP contribution in [0.3, 0.4) is 0 Å². The van der Waals surface area contributed by atoms with E-state index in [0.29, 0.717) is 54.3 Å². The lowest BCUT2D eigenvalue weighted by Gasteiger charge is -2.20. The number of hydrogen-bond donors (Lipinski definition) is 0. The summed E-state index contributed by atoms with van der Waals surface area (Å²) in [4.78, 5) is 57.6. The largest absolute Gasteiger partial charge is 0.493 e. The Kier molecular flexibility index (Phi) is 15.6. The number of halogens is 1. The third kappa shape index (κ3) is 9.82. The van der Waals surface area contributed by atoms with Crippen molar-refractivity contribution in [2.75, 3.05) is 55.9 Å². The number of carbonyl (C=O) groups excluding carboxylic acids is 4. The van der Waals surface area contributed by atoms with Gasteiger partial charge in [-0.15, -0.1) is 10.1 Å². The van der Waals surface area contributed by atoms with Gasteiger partial charge in [-0.05, 0) is 76.2 Å². The molecule has 0 saturated carbocycles. The summed E-state index contributed by atoms with van der Waals surface area (Å²) in [7, 11) is 9.03. The van der Waals surface area contributed by atoms with Crippen LogP contribution in [0.4, 0.5) is 0 Å². The zero-order chi connectivity index (χ0) is 34.5. The van der Waals surface area contributed by atoms with E-state index >= 15 is 0 Å². The molecule has 2 heterocycles. The predicted octanol–water partition coefficient (Wildman–Crippen LogP) is 4.56. The molecule has 0 aromatic heterocycles. The second-order valence-electron chi connectivity index (χ2n) is 9.04. The first-order chi connectivity index (χ1) is 22.6. The second-order valence-corrected chi connectivity index (χ2v) is 10.2. The number of imide groups is 2. The molecule has 0 bridgehead atoms. The first-order valence-electron chi connectivity index (χ1n) is 13.6. The average Bonchev–Trinajstić information content (AvgIpc) is 3.09. The Morgan fingerprint density at radius 1 is 0.688 bits per heavy atom. The number of methoxy groups -OCH3 is 6. The zero-order valence-electron chi connectivity index (χ0n) is 26.4. The second kappa shape index (κ2) is 19.1. The summed E-state index contributed by atoms with van der Waals surface area (Å²) in [6, 6.07) is 6.75. The molecule has 4 rings (SSSR count). The normalized spacial score (nSPS) is 14.1. The summed E-state index contributed by atoms with van der Waals surface area (Å²) < 4.78 is 31.9. The van der Waals surface area contributed by atoms with Crippen molar-refractivity contribution in [1.82, 2.24) is 10.1 Å². The number of carbonyl (C=O) groups is 4. The highest BCUT2D eigenvalue weighted by atomic mass is 127. The van der Waals surface area contributed by atoms with Crippen LogP contribution < -0.4 is 28.4 Å². The molecule has 258 valence electrons. The van der Waals surface area contributed by atoms with Crippen LogP contribution >= 0.6 is 22.6 Å². The van der Waals surface area contributed by atoms with Crippen LogP contribution in [0.1, 0.15) is 18.6 Å². The molecule has 0 unspecified atom stereocenters. The number of ether oxygens (including phenoxy) is 6. The Labute approximate surface area is 292 Å². The molecule has 4 amide bonds. The molecule has 0 aliphatic carbocycles. The van der Waals surface area contributed by atoms with E-state index in [1.165, 1.54) is 79.1 Å². The molecule has 14 nitrogen and oxygen atoms in total. The highest BCUT2D eigenvalue weighted by Crippen LogP contribution is 2.39. The van der Waals surface area contributed by atoms with E-state index in [2.05, 4.69) is 0 Å². The van der Waals surface area contributed by atoms with E-state index in [1.807, 2.05) is 22.6 Å². The summed E-state index contributed by atoms with van der Waals surface area (Å²) in [6.45, 7) is 0.350. The Balaban J connectivity index is 0.000000327. The van der Waals surface area contributed by atoms with Crippen molar-refractivity contribution in [3.8, 4) is 34.5 Å². The van der Waals surface area contributed by atoms with Gasteiger partial charge in [-0.3, -0.25) is 28.9 Å². The van der Waals surface area contributed by atoms with Crippen LogP contribution in [0.25, 0.3) is 12.2 Å². The van der Waals surface area contributed by atoms with Crippen molar-refractivity contribution >= 4 is 58.4 Å². The molecule has 0 atom stereocenters. The highest BCUT2D eigenvalue weighted by molar-refractivity contribution is 14.1. The number of hydrogen-bond acceptors (Lipinski definition) is 12. The van der Waals surface area contributed by atoms with Crippen LogP contribution in [0, 0.1) is 0 Å². The predicted molar refractivity (Wildman–Crippen MR) is 184 cm³/mol. The fraction of sp³-hybridized carbons (Fsp3) is 0.273. The lowest BCUT2D eigenvalue weighted by Crippen LogP contribution is -2.38. The summed E-state index contributed by atoms with van der Waals surface area (Å²) in [5, 5.41) is 1.44. The van der Waals surface area contributed by atoms with Gasteiger partial charge in [0, 0.05) is 18.2 Å². The van der Waals surface area contributed by atoms with Gasteiger partial charge in [0.2, 0.25) is 11.5 Å². The van der Waals surface area contributed by atoms with E-state index in [9.17, 15) is 19.2 Å². The van der Waals surface area contributed by atoms with Gasteiger partial charge < -0.3 is 28.4 Å². The van der Waals surface area contributed by atoms with Gasteiger partial charge >= 0.3 is 0 Å². The van der Waals surface area contributed by atoms with Crippen LogP contribution in [0.2, 0.25) is 0 Å². The molecule has 0 N–H and O–H groups in total. The van der Waals surface area contributed by atoms with Gasteiger partial charge in [-0.2, -0.15) is 0 Å². The zero-order valence-corrected chi connectivity index (χ0v) is 28.6. The molecular weight excluding hydrogens is 743 g/mol. The van der Waals surface area contributed by atoms with Crippen LogP contribution in [0.15, 0.2) is 58.2 Å². The monoisotopic (exact) mass is 780 g/mol. The van der Waals surface area contributed by atoms with E-state index in [0.717, 1.165) is 5.06 Å². The summed E-state index contributed by atoms with van der Waals surface area (Å²) in [5.74, 6) is 0.620. The Morgan fingerprint density at radius 2 is 1.10 bits per heavy atom. The molecule has 0 saturated heterocycles. The van der Waals surface area contributed by atoms with Gasteiger partial charge in [0.1, 0.15) is 0 Å². The maximum atomic E-state index is 12.1. The highest BCUT2D eigenvalue weighted by Gasteiger charge is 2.26. The van der Waals surface area contributed by atoms with Crippen LogP contribution in [-0.4, -0.2) is 89.6 Å². The quantitative estimate of drug-likeness (QED) is 0.246. The number of rotatable bonds is 10.